The van der Waals surface area contributed by atoms with Crippen LogP contribution in [-0.4, -0.2) is 56.1 Å². The molecule has 0 spiro atoms. The summed E-state index contributed by atoms with van der Waals surface area (Å²) in [5, 5.41) is 1.15. The first kappa shape index (κ1) is 26.6. The molecule has 0 aliphatic rings. The van der Waals surface area contributed by atoms with Gasteiger partial charge in [-0.05, 0) is 74.8 Å². The normalized spacial score (nSPS) is 11.9. The number of hydrogen-bond donors (Lipinski definition) is 0. The minimum absolute atomic E-state index is 0.0948. The third-order valence-electron chi connectivity index (χ3n) is 6.12. The van der Waals surface area contributed by atoms with Gasteiger partial charge < -0.3 is 4.90 Å². The van der Waals surface area contributed by atoms with E-state index in [2.05, 4.69) is 31.7 Å². The van der Waals surface area contributed by atoms with Crippen molar-refractivity contribution in [3.63, 3.8) is 0 Å². The van der Waals surface area contributed by atoms with Gasteiger partial charge >= 0.3 is 0 Å². The molecule has 0 saturated carbocycles. The van der Waals surface area contributed by atoms with Crippen LogP contribution in [0, 0.1) is 13.8 Å². The molecule has 1 amide bonds. The maximum atomic E-state index is 13.3. The van der Waals surface area contributed by atoms with Crippen molar-refractivity contribution in [1.82, 2.24) is 9.88 Å². The highest BCUT2D eigenvalue weighted by Crippen LogP contribution is 2.32. The van der Waals surface area contributed by atoms with E-state index in [-0.39, 0.29) is 29.4 Å². The number of rotatable bonds is 11. The number of benzene rings is 2. The Morgan fingerprint density at radius 2 is 1.71 bits per heavy atom. The predicted octanol–water partition coefficient (Wildman–Crippen LogP) is 5.50. The fourth-order valence-corrected chi connectivity index (χ4v) is 6.25. The van der Waals surface area contributed by atoms with Crippen LogP contribution in [0.2, 0.25) is 5.02 Å². The van der Waals surface area contributed by atoms with Crippen molar-refractivity contribution in [3.8, 4) is 0 Å². The average Bonchev–Trinajstić information content (AvgIpc) is 3.24. The van der Waals surface area contributed by atoms with Crippen LogP contribution in [0.25, 0.3) is 10.2 Å². The lowest BCUT2D eigenvalue weighted by Crippen LogP contribution is -2.38. The average molecular weight is 522 g/mol. The summed E-state index contributed by atoms with van der Waals surface area (Å²) < 4.78 is 26.4. The van der Waals surface area contributed by atoms with Gasteiger partial charge in [-0.25, -0.2) is 13.4 Å². The summed E-state index contributed by atoms with van der Waals surface area (Å²) in [7, 11) is -3.48. The van der Waals surface area contributed by atoms with Crippen LogP contribution in [0.5, 0.6) is 0 Å². The Kier molecular flexibility index (Phi) is 9.09. The highest BCUT2D eigenvalue weighted by atomic mass is 35.5. The Hall–Kier alpha value is -2.00. The van der Waals surface area contributed by atoms with Crippen LogP contribution in [-0.2, 0) is 14.6 Å². The van der Waals surface area contributed by atoms with Crippen molar-refractivity contribution in [3.05, 3.63) is 52.5 Å². The van der Waals surface area contributed by atoms with E-state index in [1.807, 2.05) is 13.0 Å². The van der Waals surface area contributed by atoms with Crippen molar-refractivity contribution in [1.29, 1.82) is 0 Å². The smallest absolute Gasteiger partial charge is 0.228 e. The fourth-order valence-electron chi connectivity index (χ4n) is 3.75. The van der Waals surface area contributed by atoms with Crippen molar-refractivity contribution < 1.29 is 13.2 Å². The van der Waals surface area contributed by atoms with Gasteiger partial charge in [-0.2, -0.15) is 0 Å². The second-order valence-corrected chi connectivity index (χ2v) is 11.9. The number of aryl methyl sites for hydroxylation is 2. The molecule has 2 aromatic carbocycles. The SMILES string of the molecule is CCN(CC)CCN(C(=O)CCCS(=O)(=O)c1ccc(Cl)cc1)c1nc2c(C)c(C)ccc2s1. The maximum absolute atomic E-state index is 13.3. The number of sulfone groups is 1. The van der Waals surface area contributed by atoms with Crippen LogP contribution < -0.4 is 4.90 Å². The minimum atomic E-state index is -3.48. The van der Waals surface area contributed by atoms with Gasteiger partial charge in [-0.15, -0.1) is 0 Å². The third kappa shape index (κ3) is 6.36. The van der Waals surface area contributed by atoms with E-state index in [4.69, 9.17) is 16.6 Å². The van der Waals surface area contributed by atoms with Gasteiger partial charge in [-0.1, -0.05) is 42.9 Å². The number of nitrogens with zero attached hydrogens (tertiary/aromatic N) is 3. The molecule has 0 aliphatic heterocycles. The summed E-state index contributed by atoms with van der Waals surface area (Å²) in [6.07, 6.45) is 0.383. The second-order valence-electron chi connectivity index (χ2n) is 8.30. The molecule has 184 valence electrons. The molecule has 3 rings (SSSR count). The molecule has 0 unspecified atom stereocenters. The Balaban J connectivity index is 1.77. The molecule has 0 radical (unpaired) electrons. The number of carbonyl (C=O) groups excluding carboxylic acids is 1. The van der Waals surface area contributed by atoms with E-state index in [1.165, 1.54) is 23.5 Å². The van der Waals surface area contributed by atoms with E-state index in [9.17, 15) is 13.2 Å². The van der Waals surface area contributed by atoms with Crippen LogP contribution in [0.1, 0.15) is 37.8 Å². The topological polar surface area (TPSA) is 70.6 Å². The van der Waals surface area contributed by atoms with Gasteiger partial charge in [-0.3, -0.25) is 9.69 Å². The summed E-state index contributed by atoms with van der Waals surface area (Å²) in [6.45, 7) is 11.3. The maximum Gasteiger partial charge on any atom is 0.228 e. The molecule has 0 aliphatic carbocycles. The molecule has 6 nitrogen and oxygen atoms in total. The molecule has 1 heterocycles. The molecule has 34 heavy (non-hydrogen) atoms. The number of fused-ring (bicyclic) bond motifs is 1. The first-order valence-electron chi connectivity index (χ1n) is 11.5. The van der Waals surface area contributed by atoms with E-state index in [1.54, 1.807) is 17.0 Å². The number of anilines is 1. The Bertz CT molecular complexity index is 1240. The lowest BCUT2D eigenvalue weighted by atomic mass is 10.1. The van der Waals surface area contributed by atoms with Crippen molar-refractivity contribution in [2.45, 2.75) is 45.4 Å². The standard InChI is InChI=1S/C25H32ClN3O3S2/c1-5-28(6-2)15-16-29(25-27-24-19(4)18(3)9-14-22(24)33-25)23(30)8-7-17-34(31,32)21-12-10-20(26)11-13-21/h9-14H,5-8,15-17H2,1-4H3. The summed E-state index contributed by atoms with van der Waals surface area (Å²) in [5.74, 6) is -0.200. The van der Waals surface area contributed by atoms with Gasteiger partial charge in [0.15, 0.2) is 15.0 Å². The molecule has 0 fully saturated rings. The summed E-state index contributed by atoms with van der Waals surface area (Å²) in [4.78, 5) is 22.3. The Labute approximate surface area is 211 Å². The van der Waals surface area contributed by atoms with Crippen LogP contribution in [0.4, 0.5) is 5.13 Å². The lowest BCUT2D eigenvalue weighted by Gasteiger charge is -2.24. The van der Waals surface area contributed by atoms with Gasteiger partial charge in [0, 0.05) is 24.5 Å². The lowest BCUT2D eigenvalue weighted by molar-refractivity contribution is -0.118. The van der Waals surface area contributed by atoms with Crippen molar-refractivity contribution in [2.24, 2.45) is 0 Å². The molecule has 1 aromatic heterocycles. The number of carbonyl (C=O) groups is 1. The summed E-state index contributed by atoms with van der Waals surface area (Å²) in [5.41, 5.74) is 3.20. The minimum Gasteiger partial charge on any atom is -0.302 e. The fraction of sp³-hybridized carbons (Fsp3) is 0.440. The van der Waals surface area contributed by atoms with Crippen molar-refractivity contribution >= 4 is 54.0 Å². The van der Waals surface area contributed by atoms with Gasteiger partial charge in [0.05, 0.1) is 20.9 Å². The number of hydrogen-bond acceptors (Lipinski definition) is 6. The molecule has 9 heteroatoms. The number of halogens is 1. The molecule has 0 atom stereocenters. The quantitative estimate of drug-likeness (QED) is 0.333. The Morgan fingerprint density at radius 3 is 2.35 bits per heavy atom. The number of likely N-dealkylation sites (N-methyl/N-ethyl adjacent to an activating group) is 1. The summed E-state index contributed by atoms with van der Waals surface area (Å²) >= 11 is 7.37. The van der Waals surface area contributed by atoms with E-state index in [0.29, 0.717) is 16.7 Å². The number of thiazole rings is 1. The van der Waals surface area contributed by atoms with Gasteiger partial charge in [0.25, 0.3) is 0 Å². The predicted molar refractivity (Wildman–Crippen MR) is 142 cm³/mol. The van der Waals surface area contributed by atoms with E-state index in [0.717, 1.165) is 41.0 Å². The monoisotopic (exact) mass is 521 g/mol. The first-order valence-corrected chi connectivity index (χ1v) is 14.4. The molecular weight excluding hydrogens is 490 g/mol. The zero-order chi connectivity index (χ0) is 24.9. The Morgan fingerprint density at radius 1 is 1.03 bits per heavy atom. The largest absolute Gasteiger partial charge is 0.302 e. The third-order valence-corrected chi connectivity index (χ3v) is 9.23. The molecular formula is C25H32ClN3O3S2. The molecule has 0 saturated heterocycles. The van der Waals surface area contributed by atoms with Crippen molar-refractivity contribution in [2.75, 3.05) is 36.8 Å². The van der Waals surface area contributed by atoms with Gasteiger partial charge in [0.1, 0.15) is 0 Å². The summed E-state index contributed by atoms with van der Waals surface area (Å²) in [6, 6.07) is 10.2. The zero-order valence-corrected chi connectivity index (χ0v) is 22.6. The van der Waals surface area contributed by atoms with E-state index < -0.39 is 9.84 Å². The highest BCUT2D eigenvalue weighted by Gasteiger charge is 2.22. The number of amides is 1. The van der Waals surface area contributed by atoms with Crippen LogP contribution >= 0.6 is 22.9 Å². The first-order chi connectivity index (χ1) is 16.2. The molecule has 0 bridgehead atoms. The zero-order valence-electron chi connectivity index (χ0n) is 20.2. The highest BCUT2D eigenvalue weighted by molar-refractivity contribution is 7.91. The molecule has 0 N–H and O–H groups in total. The van der Waals surface area contributed by atoms with E-state index >= 15 is 0 Å². The van der Waals surface area contributed by atoms with Gasteiger partial charge in [0.2, 0.25) is 5.91 Å². The van der Waals surface area contributed by atoms with Crippen LogP contribution in [0.3, 0.4) is 0 Å². The number of aromatic nitrogens is 1. The molecule has 3 aromatic rings. The second kappa shape index (κ2) is 11.6. The van der Waals surface area contributed by atoms with Crippen LogP contribution in [0.15, 0.2) is 41.3 Å².